The number of rotatable bonds is 4. The van der Waals surface area contributed by atoms with Gasteiger partial charge in [0.15, 0.2) is 0 Å². The molecule has 0 aliphatic rings. The summed E-state index contributed by atoms with van der Waals surface area (Å²) in [6, 6.07) is 9.84. The lowest BCUT2D eigenvalue weighted by atomic mass is 9.92. The third-order valence-electron chi connectivity index (χ3n) is 3.34. The molecule has 0 N–H and O–H groups in total. The van der Waals surface area contributed by atoms with Gasteiger partial charge in [-0.15, -0.1) is 0 Å². The van der Waals surface area contributed by atoms with Gasteiger partial charge in [0.25, 0.3) is 0 Å². The fourth-order valence-corrected chi connectivity index (χ4v) is 2.91. The molecule has 2 aromatic rings. The van der Waals surface area contributed by atoms with Gasteiger partial charge in [-0.25, -0.2) is 0 Å². The topological polar surface area (TPSA) is 12.9 Å². The van der Waals surface area contributed by atoms with Crippen LogP contribution >= 0.6 is 23.2 Å². The largest absolute Gasteiger partial charge is 0.261 e. The number of aromatic nitrogens is 1. The Morgan fingerprint density at radius 3 is 2.68 bits per heavy atom. The van der Waals surface area contributed by atoms with Crippen molar-refractivity contribution in [3.05, 3.63) is 63.4 Å². The molecule has 19 heavy (non-hydrogen) atoms. The standard InChI is InChI=1S/C16H17Cl2N/c1-3-16-12(5-4-8-19-16)9-11(2)14-7-6-13(17)10-15(14)18/h4-8,10-11H,3,9H2,1-2H3. The van der Waals surface area contributed by atoms with Crippen LogP contribution < -0.4 is 0 Å². The second-order valence-corrected chi connectivity index (χ2v) is 5.58. The molecule has 1 nitrogen and oxygen atoms in total. The van der Waals surface area contributed by atoms with Crippen LogP contribution in [0.25, 0.3) is 0 Å². The van der Waals surface area contributed by atoms with Crippen LogP contribution in [0.3, 0.4) is 0 Å². The molecule has 0 amide bonds. The first-order valence-electron chi connectivity index (χ1n) is 6.49. The zero-order chi connectivity index (χ0) is 13.8. The van der Waals surface area contributed by atoms with Gasteiger partial charge < -0.3 is 0 Å². The molecule has 0 aliphatic carbocycles. The maximum absolute atomic E-state index is 6.26. The number of benzene rings is 1. The van der Waals surface area contributed by atoms with Crippen LogP contribution in [0, 0.1) is 0 Å². The number of nitrogens with zero attached hydrogens (tertiary/aromatic N) is 1. The second-order valence-electron chi connectivity index (χ2n) is 4.73. The number of pyridine rings is 1. The molecule has 100 valence electrons. The highest BCUT2D eigenvalue weighted by molar-refractivity contribution is 6.35. The molecule has 1 aromatic carbocycles. The SMILES string of the molecule is CCc1ncccc1CC(C)c1ccc(Cl)cc1Cl. The summed E-state index contributed by atoms with van der Waals surface area (Å²) in [5.41, 5.74) is 3.60. The van der Waals surface area contributed by atoms with Crippen molar-refractivity contribution >= 4 is 23.2 Å². The quantitative estimate of drug-likeness (QED) is 0.746. The molecule has 0 radical (unpaired) electrons. The first-order chi connectivity index (χ1) is 9.11. The van der Waals surface area contributed by atoms with E-state index in [0.29, 0.717) is 10.9 Å². The Labute approximate surface area is 124 Å². The smallest absolute Gasteiger partial charge is 0.0455 e. The van der Waals surface area contributed by atoms with Gasteiger partial charge >= 0.3 is 0 Å². The maximum atomic E-state index is 6.26. The van der Waals surface area contributed by atoms with E-state index in [2.05, 4.69) is 24.9 Å². The molecule has 1 aromatic heterocycles. The van der Waals surface area contributed by atoms with Gasteiger partial charge in [0.2, 0.25) is 0 Å². The first-order valence-corrected chi connectivity index (χ1v) is 7.25. The fourth-order valence-electron chi connectivity index (χ4n) is 2.32. The Morgan fingerprint density at radius 2 is 2.00 bits per heavy atom. The summed E-state index contributed by atoms with van der Waals surface area (Å²) < 4.78 is 0. The second kappa shape index (κ2) is 6.40. The molecule has 1 unspecified atom stereocenters. The van der Waals surface area contributed by atoms with Crippen molar-refractivity contribution in [3.8, 4) is 0 Å². The van der Waals surface area contributed by atoms with Gasteiger partial charge in [-0.1, -0.05) is 49.2 Å². The molecule has 0 saturated carbocycles. The van der Waals surface area contributed by atoms with Gasteiger partial charge in [0, 0.05) is 21.9 Å². The van der Waals surface area contributed by atoms with Crippen molar-refractivity contribution in [3.63, 3.8) is 0 Å². The Bertz CT molecular complexity index is 566. The van der Waals surface area contributed by atoms with E-state index >= 15 is 0 Å². The van der Waals surface area contributed by atoms with Crippen LogP contribution in [-0.2, 0) is 12.8 Å². The van der Waals surface area contributed by atoms with Crippen LogP contribution in [0.15, 0.2) is 36.5 Å². The Kier molecular flexibility index (Phi) is 4.84. The molecular weight excluding hydrogens is 277 g/mol. The van der Waals surface area contributed by atoms with E-state index in [1.54, 1.807) is 6.07 Å². The van der Waals surface area contributed by atoms with Crippen LogP contribution in [0.1, 0.15) is 36.6 Å². The average Bonchev–Trinajstić information content (AvgIpc) is 2.39. The van der Waals surface area contributed by atoms with Gasteiger partial charge in [-0.3, -0.25) is 4.98 Å². The predicted octanol–water partition coefficient (Wildman–Crippen LogP) is 5.30. The van der Waals surface area contributed by atoms with E-state index in [-0.39, 0.29) is 0 Å². The van der Waals surface area contributed by atoms with Crippen LogP contribution in [0.4, 0.5) is 0 Å². The van der Waals surface area contributed by atoms with Gasteiger partial charge in [-0.05, 0) is 48.1 Å². The van der Waals surface area contributed by atoms with E-state index in [4.69, 9.17) is 23.2 Å². The summed E-state index contributed by atoms with van der Waals surface area (Å²) in [6.45, 7) is 4.31. The molecular formula is C16H17Cl2N. The molecule has 0 fully saturated rings. The molecule has 2 rings (SSSR count). The predicted molar refractivity (Wildman–Crippen MR) is 82.2 cm³/mol. The Balaban J connectivity index is 2.23. The molecule has 3 heteroatoms. The van der Waals surface area contributed by atoms with E-state index in [1.807, 2.05) is 24.4 Å². The summed E-state index contributed by atoms with van der Waals surface area (Å²) in [4.78, 5) is 4.43. The maximum Gasteiger partial charge on any atom is 0.0455 e. The van der Waals surface area contributed by atoms with Gasteiger partial charge in [-0.2, -0.15) is 0 Å². The first kappa shape index (κ1) is 14.4. The van der Waals surface area contributed by atoms with Crippen LogP contribution in [-0.4, -0.2) is 4.98 Å². The third kappa shape index (κ3) is 3.49. The number of aryl methyl sites for hydroxylation is 1. The average molecular weight is 294 g/mol. The Morgan fingerprint density at radius 1 is 1.21 bits per heavy atom. The van der Waals surface area contributed by atoms with Gasteiger partial charge in [0.05, 0.1) is 0 Å². The minimum absolute atomic E-state index is 0.347. The minimum Gasteiger partial charge on any atom is -0.261 e. The van der Waals surface area contributed by atoms with Crippen molar-refractivity contribution in [1.29, 1.82) is 0 Å². The van der Waals surface area contributed by atoms with Crippen molar-refractivity contribution in [2.75, 3.05) is 0 Å². The summed E-state index contributed by atoms with van der Waals surface area (Å²) >= 11 is 12.2. The minimum atomic E-state index is 0.347. The highest BCUT2D eigenvalue weighted by atomic mass is 35.5. The molecule has 1 atom stereocenters. The summed E-state index contributed by atoms with van der Waals surface area (Å²) in [6.07, 6.45) is 3.75. The summed E-state index contributed by atoms with van der Waals surface area (Å²) in [5, 5.41) is 1.42. The normalized spacial score (nSPS) is 12.4. The lowest BCUT2D eigenvalue weighted by Gasteiger charge is -2.15. The highest BCUT2D eigenvalue weighted by Crippen LogP contribution is 2.30. The van der Waals surface area contributed by atoms with E-state index in [1.165, 1.54) is 11.3 Å². The van der Waals surface area contributed by atoms with Crippen LogP contribution in [0.2, 0.25) is 10.0 Å². The van der Waals surface area contributed by atoms with Crippen molar-refractivity contribution in [2.24, 2.45) is 0 Å². The summed E-state index contributed by atoms with van der Waals surface area (Å²) in [5.74, 6) is 0.347. The zero-order valence-corrected chi connectivity index (χ0v) is 12.7. The molecule has 1 heterocycles. The molecule has 0 saturated heterocycles. The third-order valence-corrected chi connectivity index (χ3v) is 3.90. The molecule has 0 bridgehead atoms. The van der Waals surface area contributed by atoms with Crippen LogP contribution in [0.5, 0.6) is 0 Å². The highest BCUT2D eigenvalue weighted by Gasteiger charge is 2.13. The molecule has 0 aliphatic heterocycles. The number of halogens is 2. The van der Waals surface area contributed by atoms with Crippen molar-refractivity contribution in [2.45, 2.75) is 32.6 Å². The summed E-state index contributed by atoms with van der Waals surface area (Å²) in [7, 11) is 0. The van der Waals surface area contributed by atoms with E-state index in [0.717, 1.165) is 23.4 Å². The molecule has 0 spiro atoms. The zero-order valence-electron chi connectivity index (χ0n) is 11.2. The van der Waals surface area contributed by atoms with Crippen molar-refractivity contribution in [1.82, 2.24) is 4.98 Å². The lowest BCUT2D eigenvalue weighted by Crippen LogP contribution is -2.03. The van der Waals surface area contributed by atoms with E-state index < -0.39 is 0 Å². The van der Waals surface area contributed by atoms with E-state index in [9.17, 15) is 0 Å². The van der Waals surface area contributed by atoms with Gasteiger partial charge in [0.1, 0.15) is 0 Å². The number of hydrogen-bond donors (Lipinski definition) is 0. The van der Waals surface area contributed by atoms with Crippen molar-refractivity contribution < 1.29 is 0 Å². The lowest BCUT2D eigenvalue weighted by molar-refractivity contribution is 0.745. The Hall–Kier alpha value is -1.05. The monoisotopic (exact) mass is 293 g/mol. The fraction of sp³-hybridized carbons (Fsp3) is 0.312. The number of hydrogen-bond acceptors (Lipinski definition) is 1.